The van der Waals surface area contributed by atoms with Crippen molar-refractivity contribution < 1.29 is 9.59 Å². The summed E-state index contributed by atoms with van der Waals surface area (Å²) in [6, 6.07) is -0.248. The molecular weight excluding hydrogens is 240 g/mol. The van der Waals surface area contributed by atoms with Gasteiger partial charge in [-0.25, -0.2) is 0 Å². The Morgan fingerprint density at radius 1 is 1.37 bits per heavy atom. The molecule has 1 saturated heterocycles. The number of nitrogens with one attached hydrogen (secondary N) is 1. The number of carbonyl (C=O) groups excluding carboxylic acids is 2. The average Bonchev–Trinajstić information content (AvgIpc) is 2.41. The van der Waals surface area contributed by atoms with Gasteiger partial charge in [0.2, 0.25) is 11.8 Å². The van der Waals surface area contributed by atoms with Crippen molar-refractivity contribution in [3.05, 3.63) is 0 Å². The van der Waals surface area contributed by atoms with E-state index in [1.54, 1.807) is 4.90 Å². The van der Waals surface area contributed by atoms with Gasteiger partial charge in [-0.15, -0.1) is 6.42 Å². The summed E-state index contributed by atoms with van der Waals surface area (Å²) in [5.74, 6) is 2.63. The molecule has 4 nitrogen and oxygen atoms in total. The van der Waals surface area contributed by atoms with Gasteiger partial charge < -0.3 is 10.2 Å². The summed E-state index contributed by atoms with van der Waals surface area (Å²) in [6.45, 7) is 2.14. The lowest BCUT2D eigenvalue weighted by Gasteiger charge is -2.45. The molecule has 1 aliphatic carbocycles. The predicted octanol–water partition coefficient (Wildman–Crippen LogP) is 1.45. The van der Waals surface area contributed by atoms with Crippen molar-refractivity contribution in [3.63, 3.8) is 0 Å². The SMILES string of the molecule is C#CC(CCC)N1CC(=O)NC2(CCCCC2)C1=O. The van der Waals surface area contributed by atoms with Crippen molar-refractivity contribution in [2.45, 2.75) is 63.5 Å². The highest BCUT2D eigenvalue weighted by Crippen LogP contribution is 2.32. The second-order valence-electron chi connectivity index (χ2n) is 5.60. The van der Waals surface area contributed by atoms with Gasteiger partial charge in [-0.3, -0.25) is 9.59 Å². The zero-order valence-corrected chi connectivity index (χ0v) is 11.6. The van der Waals surface area contributed by atoms with Crippen molar-refractivity contribution in [2.24, 2.45) is 0 Å². The van der Waals surface area contributed by atoms with Crippen molar-refractivity contribution in [2.75, 3.05) is 6.54 Å². The molecule has 4 heteroatoms. The highest BCUT2D eigenvalue weighted by Gasteiger charge is 2.48. The molecule has 19 heavy (non-hydrogen) atoms. The van der Waals surface area contributed by atoms with E-state index in [4.69, 9.17) is 6.42 Å². The molecule has 0 aromatic carbocycles. The van der Waals surface area contributed by atoms with E-state index in [0.29, 0.717) is 0 Å². The third-order valence-corrected chi connectivity index (χ3v) is 4.20. The summed E-state index contributed by atoms with van der Waals surface area (Å²) >= 11 is 0. The van der Waals surface area contributed by atoms with Gasteiger partial charge in [-0.05, 0) is 19.3 Å². The van der Waals surface area contributed by atoms with Gasteiger partial charge in [0.25, 0.3) is 0 Å². The smallest absolute Gasteiger partial charge is 0.249 e. The van der Waals surface area contributed by atoms with Crippen LogP contribution in [0, 0.1) is 12.3 Å². The largest absolute Gasteiger partial charge is 0.340 e. The minimum atomic E-state index is -0.670. The number of hydrogen-bond donors (Lipinski definition) is 1. The molecule has 1 aliphatic heterocycles. The summed E-state index contributed by atoms with van der Waals surface area (Å²) in [5, 5.41) is 2.93. The summed E-state index contributed by atoms with van der Waals surface area (Å²) < 4.78 is 0. The van der Waals surface area contributed by atoms with E-state index in [1.165, 1.54) is 0 Å². The molecule has 104 valence electrons. The molecule has 0 bridgehead atoms. The van der Waals surface area contributed by atoms with E-state index in [-0.39, 0.29) is 24.4 Å². The van der Waals surface area contributed by atoms with Gasteiger partial charge in [0.1, 0.15) is 12.1 Å². The quantitative estimate of drug-likeness (QED) is 0.783. The second kappa shape index (κ2) is 5.64. The van der Waals surface area contributed by atoms with E-state index in [9.17, 15) is 9.59 Å². The first kappa shape index (κ1) is 13.9. The molecule has 0 aromatic heterocycles. The molecule has 0 radical (unpaired) electrons. The molecule has 2 fully saturated rings. The molecular formula is C15H22N2O2. The normalized spacial score (nSPS) is 23.9. The number of hydrogen-bond acceptors (Lipinski definition) is 2. The third kappa shape index (κ3) is 2.60. The zero-order chi connectivity index (χ0) is 13.9. The zero-order valence-electron chi connectivity index (χ0n) is 11.6. The van der Waals surface area contributed by atoms with Crippen molar-refractivity contribution in [1.82, 2.24) is 10.2 Å². The first-order chi connectivity index (χ1) is 9.13. The molecule has 1 saturated carbocycles. The van der Waals surface area contributed by atoms with Gasteiger partial charge in [-0.1, -0.05) is 38.5 Å². The van der Waals surface area contributed by atoms with Gasteiger partial charge in [-0.2, -0.15) is 0 Å². The van der Waals surface area contributed by atoms with Gasteiger partial charge in [0, 0.05) is 0 Å². The van der Waals surface area contributed by atoms with Crippen LogP contribution in [0.4, 0.5) is 0 Å². The van der Waals surface area contributed by atoms with Crippen LogP contribution in [-0.4, -0.2) is 34.8 Å². The van der Waals surface area contributed by atoms with Crippen LogP contribution >= 0.6 is 0 Å². The Morgan fingerprint density at radius 2 is 2.05 bits per heavy atom. The van der Waals surface area contributed by atoms with E-state index in [0.717, 1.165) is 44.9 Å². The van der Waals surface area contributed by atoms with Crippen LogP contribution in [0.1, 0.15) is 51.9 Å². The van der Waals surface area contributed by atoms with Crippen molar-refractivity contribution >= 4 is 11.8 Å². The Labute approximate surface area is 114 Å². The monoisotopic (exact) mass is 262 g/mol. The van der Waals surface area contributed by atoms with Gasteiger partial charge >= 0.3 is 0 Å². The molecule has 1 N–H and O–H groups in total. The Balaban J connectivity index is 2.22. The van der Waals surface area contributed by atoms with Crippen molar-refractivity contribution in [3.8, 4) is 12.3 Å². The maximum absolute atomic E-state index is 12.7. The van der Waals surface area contributed by atoms with Gasteiger partial charge in [0.05, 0.1) is 6.04 Å². The molecule has 1 unspecified atom stereocenters. The number of nitrogens with zero attached hydrogens (tertiary/aromatic N) is 1. The predicted molar refractivity (Wildman–Crippen MR) is 73.2 cm³/mol. The second-order valence-corrected chi connectivity index (χ2v) is 5.60. The van der Waals surface area contributed by atoms with Gasteiger partial charge in [0.15, 0.2) is 0 Å². The molecule has 1 heterocycles. The Kier molecular flexibility index (Phi) is 4.14. The molecule has 1 atom stereocenters. The Hall–Kier alpha value is -1.50. The lowest BCUT2D eigenvalue weighted by atomic mass is 9.79. The van der Waals surface area contributed by atoms with Crippen LogP contribution in [0.2, 0.25) is 0 Å². The van der Waals surface area contributed by atoms with E-state index < -0.39 is 5.54 Å². The first-order valence-electron chi connectivity index (χ1n) is 7.21. The fourth-order valence-corrected chi connectivity index (χ4v) is 3.21. The summed E-state index contributed by atoms with van der Waals surface area (Å²) in [6.07, 6.45) is 11.8. The van der Waals surface area contributed by atoms with Crippen LogP contribution in [0.3, 0.4) is 0 Å². The lowest BCUT2D eigenvalue weighted by Crippen LogP contribution is -2.68. The number of rotatable bonds is 3. The maximum atomic E-state index is 12.7. The standard InChI is InChI=1S/C15H22N2O2/c1-3-8-12(4-2)17-11-13(18)16-15(14(17)19)9-6-5-7-10-15/h2,12H,3,5-11H2,1H3,(H,16,18). The fourth-order valence-electron chi connectivity index (χ4n) is 3.21. The minimum absolute atomic E-state index is 0.0307. The number of terminal acetylenes is 1. The van der Waals surface area contributed by atoms with E-state index in [1.807, 2.05) is 6.92 Å². The number of piperazine rings is 1. The minimum Gasteiger partial charge on any atom is -0.340 e. The van der Waals surface area contributed by atoms with Crippen molar-refractivity contribution in [1.29, 1.82) is 0 Å². The summed E-state index contributed by atoms with van der Waals surface area (Å²) in [7, 11) is 0. The molecule has 2 aliphatic rings. The summed E-state index contributed by atoms with van der Waals surface area (Å²) in [4.78, 5) is 26.3. The molecule has 2 rings (SSSR count). The number of carbonyl (C=O) groups is 2. The molecule has 1 spiro atoms. The fraction of sp³-hybridized carbons (Fsp3) is 0.733. The molecule has 0 aromatic rings. The Bertz CT molecular complexity index is 405. The van der Waals surface area contributed by atoms with E-state index in [2.05, 4.69) is 11.2 Å². The highest BCUT2D eigenvalue weighted by molar-refractivity contribution is 5.98. The van der Waals surface area contributed by atoms with Crippen LogP contribution < -0.4 is 5.32 Å². The Morgan fingerprint density at radius 3 is 2.63 bits per heavy atom. The van der Waals surface area contributed by atoms with Crippen LogP contribution in [-0.2, 0) is 9.59 Å². The van der Waals surface area contributed by atoms with Crippen LogP contribution in [0.25, 0.3) is 0 Å². The average molecular weight is 262 g/mol. The van der Waals surface area contributed by atoms with E-state index >= 15 is 0 Å². The van der Waals surface area contributed by atoms with Crippen LogP contribution in [0.5, 0.6) is 0 Å². The topological polar surface area (TPSA) is 49.4 Å². The molecule has 2 amide bonds. The number of amides is 2. The first-order valence-corrected chi connectivity index (χ1v) is 7.21. The van der Waals surface area contributed by atoms with Crippen LogP contribution in [0.15, 0.2) is 0 Å². The maximum Gasteiger partial charge on any atom is 0.249 e. The lowest BCUT2D eigenvalue weighted by molar-refractivity contribution is -0.153. The summed E-state index contributed by atoms with van der Waals surface area (Å²) in [5.41, 5.74) is -0.670. The highest BCUT2D eigenvalue weighted by atomic mass is 16.2. The third-order valence-electron chi connectivity index (χ3n) is 4.20.